The first-order valence-corrected chi connectivity index (χ1v) is 5.48. The van der Waals surface area contributed by atoms with Crippen LogP contribution in [0, 0.1) is 0 Å². The highest BCUT2D eigenvalue weighted by molar-refractivity contribution is 5.78. The summed E-state index contributed by atoms with van der Waals surface area (Å²) in [7, 11) is 0. The van der Waals surface area contributed by atoms with E-state index < -0.39 is 6.50 Å². The number of hydrogen-bond donors (Lipinski definition) is 1. The van der Waals surface area contributed by atoms with E-state index in [-0.39, 0.29) is 12.3 Å². The Hall–Kier alpha value is -2.09. The largest absolute Gasteiger partial charge is 0.352 e. The quantitative estimate of drug-likeness (QED) is 0.854. The predicted octanol–water partition coefficient (Wildman–Crippen LogP) is 2.55. The van der Waals surface area contributed by atoms with Gasteiger partial charge in [0.2, 0.25) is 5.91 Å². The normalized spacial score (nSPS) is 12.5. The molecule has 2 nitrogen and oxygen atoms in total. The van der Waals surface area contributed by atoms with E-state index in [1.54, 1.807) is 24.3 Å². The molecule has 2 aromatic rings. The van der Waals surface area contributed by atoms with Crippen molar-refractivity contribution in [1.82, 2.24) is 5.32 Å². The molecule has 0 bridgehead atoms. The molecule has 0 saturated carbocycles. The van der Waals surface area contributed by atoms with Crippen LogP contribution in [0.5, 0.6) is 0 Å². The first-order valence-electron chi connectivity index (χ1n) is 6.48. The van der Waals surface area contributed by atoms with Gasteiger partial charge in [0.1, 0.15) is 0 Å². The summed E-state index contributed by atoms with van der Waals surface area (Å²) in [6.07, 6.45) is 0.174. The molecule has 0 atom stereocenters. The van der Waals surface area contributed by atoms with Crippen LogP contribution in [0.15, 0.2) is 60.7 Å². The lowest BCUT2D eigenvalue weighted by Crippen LogP contribution is -2.24. The van der Waals surface area contributed by atoms with Crippen LogP contribution in [0.25, 0.3) is 0 Å². The van der Waals surface area contributed by atoms with Crippen molar-refractivity contribution in [3.8, 4) is 0 Å². The molecule has 0 unspecified atom stereocenters. The molecule has 0 aromatic heterocycles. The minimum atomic E-state index is -1.85. The molecular formula is C15H15NO. The molecule has 0 spiro atoms. The van der Waals surface area contributed by atoms with Crippen LogP contribution in [-0.4, -0.2) is 5.91 Å². The van der Waals surface area contributed by atoms with Crippen LogP contribution in [0.3, 0.4) is 0 Å². The molecule has 1 amide bonds. The maximum Gasteiger partial charge on any atom is 0.224 e. The van der Waals surface area contributed by atoms with E-state index in [4.69, 9.17) is 2.74 Å². The second-order valence-electron chi connectivity index (χ2n) is 3.70. The van der Waals surface area contributed by atoms with Crippen molar-refractivity contribution in [3.63, 3.8) is 0 Å². The van der Waals surface area contributed by atoms with Crippen molar-refractivity contribution in [2.24, 2.45) is 0 Å². The summed E-state index contributed by atoms with van der Waals surface area (Å²) < 4.78 is 15.8. The van der Waals surface area contributed by atoms with Crippen molar-refractivity contribution in [3.05, 3.63) is 71.8 Å². The topological polar surface area (TPSA) is 29.1 Å². The first kappa shape index (κ1) is 8.99. The molecule has 0 radical (unpaired) electrons. The number of carbonyl (C=O) groups is 1. The second kappa shape index (κ2) is 5.85. The highest BCUT2D eigenvalue weighted by atomic mass is 16.1. The van der Waals surface area contributed by atoms with Crippen LogP contribution in [0.4, 0.5) is 0 Å². The molecule has 2 heteroatoms. The van der Waals surface area contributed by atoms with Gasteiger partial charge in [0, 0.05) is 6.50 Å². The number of rotatable bonds is 4. The molecular weight excluding hydrogens is 210 g/mol. The Labute approximate surface area is 104 Å². The number of nitrogens with one attached hydrogen (secondary N) is 1. The van der Waals surface area contributed by atoms with Crippen molar-refractivity contribution in [2.45, 2.75) is 12.9 Å². The van der Waals surface area contributed by atoms with Gasteiger partial charge in [-0.1, -0.05) is 60.7 Å². The van der Waals surface area contributed by atoms with E-state index in [9.17, 15) is 4.79 Å². The highest BCUT2D eigenvalue weighted by Gasteiger charge is 2.02. The Morgan fingerprint density at radius 2 is 1.47 bits per heavy atom. The summed E-state index contributed by atoms with van der Waals surface area (Å²) >= 11 is 0. The Balaban J connectivity index is 2.02. The fraction of sp³-hybridized carbons (Fsp3) is 0.133. The number of benzene rings is 2. The van der Waals surface area contributed by atoms with Gasteiger partial charge in [-0.15, -0.1) is 0 Å². The summed E-state index contributed by atoms with van der Waals surface area (Å²) in [4.78, 5) is 11.9. The Bertz CT molecular complexity index is 541. The molecule has 0 saturated heterocycles. The average Bonchev–Trinajstić information content (AvgIpc) is 2.40. The van der Waals surface area contributed by atoms with Gasteiger partial charge in [0.05, 0.1) is 9.16 Å². The zero-order chi connectivity index (χ0) is 13.7. The van der Waals surface area contributed by atoms with Gasteiger partial charge in [-0.3, -0.25) is 4.79 Å². The number of carbonyl (C=O) groups excluding carboxylic acids is 1. The standard InChI is InChI=1S/C15H15NO/c17-15(11-13-7-3-1-4-8-13)16-12-14-9-5-2-6-10-14/h1-10H,11-12H2,(H,16,17)/i12D2. The average molecular weight is 227 g/mol. The van der Waals surface area contributed by atoms with Gasteiger partial charge in [-0.25, -0.2) is 0 Å². The minimum absolute atomic E-state index is 0.174. The van der Waals surface area contributed by atoms with E-state index in [0.29, 0.717) is 5.56 Å². The fourth-order valence-electron chi connectivity index (χ4n) is 1.49. The summed E-state index contributed by atoms with van der Waals surface area (Å²) in [5, 5.41) is 2.42. The van der Waals surface area contributed by atoms with Gasteiger partial charge < -0.3 is 5.32 Å². The van der Waals surface area contributed by atoms with Crippen molar-refractivity contribution >= 4 is 5.91 Å². The van der Waals surface area contributed by atoms with E-state index in [0.717, 1.165) is 5.56 Å². The molecule has 0 aliphatic rings. The molecule has 0 aliphatic carbocycles. The third-order valence-electron chi connectivity index (χ3n) is 2.33. The first-order chi connectivity index (χ1) is 9.08. The summed E-state index contributed by atoms with van der Waals surface area (Å²) in [5.41, 5.74) is 1.31. The van der Waals surface area contributed by atoms with Gasteiger partial charge in [-0.05, 0) is 11.1 Å². The zero-order valence-corrected chi connectivity index (χ0v) is 9.39. The molecule has 2 rings (SSSR count). The molecule has 2 aromatic carbocycles. The lowest BCUT2D eigenvalue weighted by Gasteiger charge is -2.05. The molecule has 0 aliphatic heterocycles. The van der Waals surface area contributed by atoms with Crippen molar-refractivity contribution < 1.29 is 7.54 Å². The smallest absolute Gasteiger partial charge is 0.224 e. The molecule has 0 heterocycles. The van der Waals surface area contributed by atoms with Gasteiger partial charge in [0.25, 0.3) is 0 Å². The molecule has 17 heavy (non-hydrogen) atoms. The second-order valence-corrected chi connectivity index (χ2v) is 3.70. The Morgan fingerprint density at radius 3 is 2.06 bits per heavy atom. The van der Waals surface area contributed by atoms with Crippen LogP contribution in [0.2, 0.25) is 0 Å². The van der Waals surface area contributed by atoms with Gasteiger partial charge >= 0.3 is 0 Å². The third-order valence-corrected chi connectivity index (χ3v) is 2.33. The maximum absolute atomic E-state index is 11.9. The molecule has 0 fully saturated rings. The summed E-state index contributed by atoms with van der Waals surface area (Å²) in [5.74, 6) is -0.333. The van der Waals surface area contributed by atoms with E-state index >= 15 is 0 Å². The monoisotopic (exact) mass is 227 g/mol. The SMILES string of the molecule is [2H]C([2H])(NC(=O)Cc1ccccc1)c1ccccc1. The van der Waals surface area contributed by atoms with Crippen LogP contribution >= 0.6 is 0 Å². The van der Waals surface area contributed by atoms with E-state index in [1.807, 2.05) is 36.4 Å². The molecule has 1 N–H and O–H groups in total. The minimum Gasteiger partial charge on any atom is -0.352 e. The van der Waals surface area contributed by atoms with Crippen molar-refractivity contribution in [1.29, 1.82) is 0 Å². The van der Waals surface area contributed by atoms with Gasteiger partial charge in [-0.2, -0.15) is 0 Å². The predicted molar refractivity (Wildman–Crippen MR) is 68.4 cm³/mol. The third kappa shape index (κ3) is 3.76. The molecule has 86 valence electrons. The van der Waals surface area contributed by atoms with Crippen molar-refractivity contribution in [2.75, 3.05) is 0 Å². The lowest BCUT2D eigenvalue weighted by atomic mass is 10.1. The maximum atomic E-state index is 11.9. The summed E-state index contributed by atoms with van der Waals surface area (Å²) in [6, 6.07) is 17.9. The van der Waals surface area contributed by atoms with Crippen LogP contribution in [-0.2, 0) is 17.7 Å². The number of amides is 1. The Morgan fingerprint density at radius 1 is 0.941 bits per heavy atom. The van der Waals surface area contributed by atoms with Gasteiger partial charge in [0.15, 0.2) is 0 Å². The fourth-order valence-corrected chi connectivity index (χ4v) is 1.49. The zero-order valence-electron chi connectivity index (χ0n) is 11.4. The van der Waals surface area contributed by atoms with E-state index in [1.165, 1.54) is 0 Å². The van der Waals surface area contributed by atoms with Crippen LogP contribution < -0.4 is 5.32 Å². The van der Waals surface area contributed by atoms with Crippen LogP contribution in [0.1, 0.15) is 13.9 Å². The lowest BCUT2D eigenvalue weighted by molar-refractivity contribution is -0.120. The Kier molecular flexibility index (Phi) is 3.09. The van der Waals surface area contributed by atoms with E-state index in [2.05, 4.69) is 5.32 Å². The highest BCUT2D eigenvalue weighted by Crippen LogP contribution is 2.01. The number of hydrogen-bond acceptors (Lipinski definition) is 1. The summed E-state index contributed by atoms with van der Waals surface area (Å²) in [6.45, 7) is -1.85.